The van der Waals surface area contributed by atoms with Crippen LogP contribution >= 0.6 is 0 Å². The molecule has 0 saturated carbocycles. The third kappa shape index (κ3) is 3.30. The number of imidazole rings is 1. The van der Waals surface area contributed by atoms with Gasteiger partial charge in [-0.05, 0) is 31.0 Å². The predicted molar refractivity (Wildman–Crippen MR) is 74.3 cm³/mol. The maximum absolute atomic E-state index is 11.7. The highest BCUT2D eigenvalue weighted by Gasteiger charge is 2.14. The molecule has 4 N–H and O–H groups in total. The van der Waals surface area contributed by atoms with Gasteiger partial charge in [-0.1, -0.05) is 6.07 Å². The monoisotopic (exact) mass is 261 g/mol. The number of hydrazine groups is 1. The van der Waals surface area contributed by atoms with Crippen LogP contribution in [0.25, 0.3) is 11.0 Å². The van der Waals surface area contributed by atoms with Gasteiger partial charge in [0.25, 0.3) is 5.91 Å². The molecule has 0 bridgehead atoms. The topological polar surface area (TPSA) is 87.0 Å². The molecule has 0 radical (unpaired) electrons. The summed E-state index contributed by atoms with van der Waals surface area (Å²) in [5.41, 5.74) is 11.4. The molecular formula is C13H19N5O. The summed E-state index contributed by atoms with van der Waals surface area (Å²) >= 11 is 0. The molecule has 6 heteroatoms. The van der Waals surface area contributed by atoms with Crippen LogP contribution in [0.3, 0.4) is 0 Å². The van der Waals surface area contributed by atoms with Crippen molar-refractivity contribution >= 4 is 16.9 Å². The lowest BCUT2D eigenvalue weighted by Gasteiger charge is -2.16. The summed E-state index contributed by atoms with van der Waals surface area (Å²) in [5, 5.41) is 1.59. The Labute approximate surface area is 112 Å². The van der Waals surface area contributed by atoms with Crippen molar-refractivity contribution in [3.8, 4) is 0 Å². The Hall–Kier alpha value is -1.92. The number of nitrogens with one attached hydrogen (secondary N) is 2. The Morgan fingerprint density at radius 1 is 1.53 bits per heavy atom. The molecule has 1 unspecified atom stereocenters. The van der Waals surface area contributed by atoms with Gasteiger partial charge in [0.1, 0.15) is 5.82 Å². The highest BCUT2D eigenvalue weighted by molar-refractivity contribution is 5.82. The smallest absolute Gasteiger partial charge is 0.251 e. The quantitative estimate of drug-likeness (QED) is 0.692. The van der Waals surface area contributed by atoms with Crippen molar-refractivity contribution < 1.29 is 4.79 Å². The highest BCUT2D eigenvalue weighted by atomic mass is 16.2. The number of aromatic amines is 1. The lowest BCUT2D eigenvalue weighted by Crippen LogP contribution is -2.47. The number of aromatic nitrogens is 2. The van der Waals surface area contributed by atoms with Gasteiger partial charge in [-0.3, -0.25) is 10.2 Å². The maximum Gasteiger partial charge on any atom is 0.251 e. The van der Waals surface area contributed by atoms with E-state index in [0.29, 0.717) is 6.42 Å². The van der Waals surface area contributed by atoms with Gasteiger partial charge in [0, 0.05) is 14.1 Å². The third-order valence-electron chi connectivity index (χ3n) is 2.79. The number of amides is 1. The molecule has 1 amide bonds. The molecule has 0 aliphatic heterocycles. The average Bonchev–Trinajstić information content (AvgIpc) is 2.67. The molecule has 0 aliphatic carbocycles. The summed E-state index contributed by atoms with van der Waals surface area (Å²) in [7, 11) is 3.51. The largest absolute Gasteiger partial charge is 0.342 e. The van der Waals surface area contributed by atoms with E-state index in [1.807, 2.05) is 25.1 Å². The van der Waals surface area contributed by atoms with Gasteiger partial charge in [-0.25, -0.2) is 9.99 Å². The Kier molecular flexibility index (Phi) is 3.82. The molecule has 2 rings (SSSR count). The Balaban J connectivity index is 2.10. The van der Waals surface area contributed by atoms with Crippen molar-refractivity contribution in [1.82, 2.24) is 20.4 Å². The first-order valence-electron chi connectivity index (χ1n) is 6.14. The molecule has 0 fully saturated rings. The van der Waals surface area contributed by atoms with E-state index in [9.17, 15) is 4.79 Å². The number of H-pyrrole nitrogens is 1. The van der Waals surface area contributed by atoms with E-state index in [0.717, 1.165) is 22.4 Å². The lowest BCUT2D eigenvalue weighted by atomic mass is 10.1. The van der Waals surface area contributed by atoms with Crippen LogP contribution in [0.2, 0.25) is 0 Å². The number of hydrogen-bond acceptors (Lipinski definition) is 4. The number of nitrogens with two attached hydrogens (primary N) is 1. The van der Waals surface area contributed by atoms with Crippen molar-refractivity contribution in [1.29, 1.82) is 0 Å². The van der Waals surface area contributed by atoms with E-state index in [-0.39, 0.29) is 5.91 Å². The van der Waals surface area contributed by atoms with Gasteiger partial charge >= 0.3 is 0 Å². The SMILES string of the molecule is Cc1nc2ccc(CC(N)C(=O)NN(C)C)cc2[nH]1. The summed E-state index contributed by atoms with van der Waals surface area (Å²) < 4.78 is 0. The van der Waals surface area contributed by atoms with E-state index in [1.54, 1.807) is 19.1 Å². The van der Waals surface area contributed by atoms with Gasteiger partial charge in [-0.15, -0.1) is 0 Å². The minimum atomic E-state index is -0.566. The molecule has 19 heavy (non-hydrogen) atoms. The minimum absolute atomic E-state index is 0.189. The fourth-order valence-electron chi connectivity index (χ4n) is 1.96. The van der Waals surface area contributed by atoms with Crippen LogP contribution < -0.4 is 11.2 Å². The average molecular weight is 261 g/mol. The molecule has 1 aromatic heterocycles. The number of benzene rings is 1. The molecule has 1 atom stereocenters. The van der Waals surface area contributed by atoms with Crippen LogP contribution in [0.5, 0.6) is 0 Å². The van der Waals surface area contributed by atoms with Crippen molar-refractivity contribution in [2.24, 2.45) is 5.73 Å². The normalized spacial score (nSPS) is 12.9. The predicted octanol–water partition coefficient (Wildman–Crippen LogP) is 0.334. The van der Waals surface area contributed by atoms with Crippen LogP contribution in [-0.4, -0.2) is 41.0 Å². The second-order valence-electron chi connectivity index (χ2n) is 4.85. The Bertz CT molecular complexity index is 590. The zero-order valence-electron chi connectivity index (χ0n) is 11.4. The zero-order chi connectivity index (χ0) is 14.0. The van der Waals surface area contributed by atoms with Gasteiger partial charge in [-0.2, -0.15) is 0 Å². The number of fused-ring (bicyclic) bond motifs is 1. The number of hydrogen-bond donors (Lipinski definition) is 3. The fourth-order valence-corrected chi connectivity index (χ4v) is 1.96. The highest BCUT2D eigenvalue weighted by Crippen LogP contribution is 2.14. The molecule has 1 heterocycles. The van der Waals surface area contributed by atoms with Crippen LogP contribution in [-0.2, 0) is 11.2 Å². The zero-order valence-corrected chi connectivity index (χ0v) is 11.4. The maximum atomic E-state index is 11.7. The lowest BCUT2D eigenvalue weighted by molar-refractivity contribution is -0.126. The van der Waals surface area contributed by atoms with Crippen molar-refractivity contribution in [2.75, 3.05) is 14.1 Å². The first kappa shape index (κ1) is 13.5. The fraction of sp³-hybridized carbons (Fsp3) is 0.385. The molecule has 0 spiro atoms. The summed E-state index contributed by atoms with van der Waals surface area (Å²) in [6, 6.07) is 5.30. The van der Waals surface area contributed by atoms with Gasteiger partial charge in [0.05, 0.1) is 17.1 Å². The number of rotatable bonds is 4. The molecule has 102 valence electrons. The summed E-state index contributed by atoms with van der Waals surface area (Å²) in [4.78, 5) is 19.2. The van der Waals surface area contributed by atoms with Crippen LogP contribution in [0.4, 0.5) is 0 Å². The molecule has 6 nitrogen and oxygen atoms in total. The first-order chi connectivity index (χ1) is 8.95. The van der Waals surface area contributed by atoms with Crippen LogP contribution in [0.1, 0.15) is 11.4 Å². The van der Waals surface area contributed by atoms with E-state index >= 15 is 0 Å². The van der Waals surface area contributed by atoms with Crippen LogP contribution in [0.15, 0.2) is 18.2 Å². The summed E-state index contributed by atoms with van der Waals surface area (Å²) in [6.07, 6.45) is 0.494. The molecular weight excluding hydrogens is 242 g/mol. The molecule has 0 aliphatic rings. The summed E-state index contributed by atoms with van der Waals surface area (Å²) in [5.74, 6) is 0.688. The Morgan fingerprint density at radius 2 is 2.26 bits per heavy atom. The van der Waals surface area contributed by atoms with E-state index in [1.165, 1.54) is 0 Å². The minimum Gasteiger partial charge on any atom is -0.342 e. The van der Waals surface area contributed by atoms with Gasteiger partial charge < -0.3 is 10.7 Å². The van der Waals surface area contributed by atoms with Gasteiger partial charge in [0.2, 0.25) is 0 Å². The van der Waals surface area contributed by atoms with E-state index in [4.69, 9.17) is 5.73 Å². The second kappa shape index (κ2) is 5.38. The molecule has 0 saturated heterocycles. The second-order valence-corrected chi connectivity index (χ2v) is 4.85. The van der Waals surface area contributed by atoms with Crippen LogP contribution in [0, 0.1) is 6.92 Å². The van der Waals surface area contributed by atoms with Crippen molar-refractivity contribution in [3.63, 3.8) is 0 Å². The number of nitrogens with zero attached hydrogens (tertiary/aromatic N) is 2. The number of aryl methyl sites for hydroxylation is 1. The standard InChI is InChI=1S/C13H19N5O/c1-8-15-11-5-4-9(7-12(11)16-8)6-10(14)13(19)17-18(2)3/h4-5,7,10H,6,14H2,1-3H3,(H,15,16)(H,17,19). The molecule has 1 aromatic carbocycles. The number of carbonyl (C=O) groups is 1. The van der Waals surface area contributed by atoms with E-state index in [2.05, 4.69) is 15.4 Å². The first-order valence-corrected chi connectivity index (χ1v) is 6.14. The van der Waals surface area contributed by atoms with Crippen molar-refractivity contribution in [2.45, 2.75) is 19.4 Å². The Morgan fingerprint density at radius 3 is 2.95 bits per heavy atom. The van der Waals surface area contributed by atoms with Gasteiger partial charge in [0.15, 0.2) is 0 Å². The van der Waals surface area contributed by atoms with Crippen molar-refractivity contribution in [3.05, 3.63) is 29.6 Å². The summed E-state index contributed by atoms with van der Waals surface area (Å²) in [6.45, 7) is 1.91. The number of carbonyl (C=O) groups excluding carboxylic acids is 1. The van der Waals surface area contributed by atoms with E-state index < -0.39 is 6.04 Å². The molecule has 2 aromatic rings. The third-order valence-corrected chi connectivity index (χ3v) is 2.79.